The Kier molecular flexibility index (Phi) is 8.85. The van der Waals surface area contributed by atoms with Crippen molar-refractivity contribution in [3.63, 3.8) is 0 Å². The standard InChI is InChI=1S/C19H29N3OS.HI/c1-20-18(21-12-5-13-23-14-16-8-9-16)22-15-19(10-11-19)24-17-6-3-2-4-7-17;/h2-4,6-7,16H,5,8-15H2,1H3,(H2,20,21,22);1H. The molecule has 6 heteroatoms. The van der Waals surface area contributed by atoms with Crippen molar-refractivity contribution in [2.24, 2.45) is 10.9 Å². The van der Waals surface area contributed by atoms with Crippen molar-refractivity contribution in [3.8, 4) is 0 Å². The van der Waals surface area contributed by atoms with Crippen molar-refractivity contribution < 1.29 is 4.74 Å². The Morgan fingerprint density at radius 3 is 2.64 bits per heavy atom. The second kappa shape index (κ2) is 10.6. The molecule has 0 bridgehead atoms. The monoisotopic (exact) mass is 475 g/mol. The van der Waals surface area contributed by atoms with Crippen molar-refractivity contribution >= 4 is 41.7 Å². The summed E-state index contributed by atoms with van der Waals surface area (Å²) in [5, 5.41) is 6.88. The number of nitrogens with one attached hydrogen (secondary N) is 2. The van der Waals surface area contributed by atoms with E-state index in [1.54, 1.807) is 0 Å². The highest BCUT2D eigenvalue weighted by Crippen LogP contribution is 2.51. The molecule has 2 aliphatic rings. The first-order valence-corrected chi connectivity index (χ1v) is 9.88. The number of halogens is 1. The number of ether oxygens (including phenoxy) is 1. The molecule has 2 saturated carbocycles. The minimum absolute atomic E-state index is 0. The lowest BCUT2D eigenvalue weighted by atomic mass is 10.4. The number of nitrogens with zero attached hydrogens (tertiary/aromatic N) is 1. The van der Waals surface area contributed by atoms with Crippen molar-refractivity contribution in [2.75, 3.05) is 33.4 Å². The van der Waals surface area contributed by atoms with Gasteiger partial charge in [-0.2, -0.15) is 0 Å². The maximum atomic E-state index is 5.66. The van der Waals surface area contributed by atoms with Crippen LogP contribution in [0.1, 0.15) is 32.1 Å². The lowest BCUT2D eigenvalue weighted by Gasteiger charge is -2.18. The molecule has 1 aromatic rings. The minimum atomic E-state index is 0. The maximum absolute atomic E-state index is 5.66. The second-order valence-electron chi connectivity index (χ2n) is 6.82. The average molecular weight is 475 g/mol. The first-order chi connectivity index (χ1) is 11.8. The molecule has 4 nitrogen and oxygen atoms in total. The zero-order valence-corrected chi connectivity index (χ0v) is 18.1. The molecular formula is C19H30IN3OS. The van der Waals surface area contributed by atoms with Crippen LogP contribution in [0.25, 0.3) is 0 Å². The summed E-state index contributed by atoms with van der Waals surface area (Å²) in [6, 6.07) is 10.7. The maximum Gasteiger partial charge on any atom is 0.191 e. The fraction of sp³-hybridized carbons (Fsp3) is 0.632. The number of guanidine groups is 1. The average Bonchev–Trinajstić information content (AvgIpc) is 3.52. The molecule has 0 atom stereocenters. The van der Waals surface area contributed by atoms with E-state index in [0.717, 1.165) is 44.6 Å². The molecule has 2 N–H and O–H groups in total. The summed E-state index contributed by atoms with van der Waals surface area (Å²) in [5.74, 6) is 1.75. The predicted octanol–water partition coefficient (Wildman–Crippen LogP) is 3.91. The van der Waals surface area contributed by atoms with Gasteiger partial charge in [0.1, 0.15) is 0 Å². The van der Waals surface area contributed by atoms with Crippen LogP contribution in [0.5, 0.6) is 0 Å². The zero-order chi connectivity index (χ0) is 16.7. The Bertz CT molecular complexity index is 533. The molecule has 0 spiro atoms. The van der Waals surface area contributed by atoms with Crippen LogP contribution >= 0.6 is 35.7 Å². The Hall–Kier alpha value is -0.470. The number of hydrogen-bond acceptors (Lipinski definition) is 3. The van der Waals surface area contributed by atoms with E-state index < -0.39 is 0 Å². The summed E-state index contributed by atoms with van der Waals surface area (Å²) in [4.78, 5) is 5.68. The van der Waals surface area contributed by atoms with Gasteiger partial charge in [0.25, 0.3) is 0 Å². The van der Waals surface area contributed by atoms with E-state index in [-0.39, 0.29) is 24.0 Å². The van der Waals surface area contributed by atoms with Gasteiger partial charge in [0.2, 0.25) is 0 Å². The molecule has 0 unspecified atom stereocenters. The second-order valence-corrected chi connectivity index (χ2v) is 8.36. The van der Waals surface area contributed by atoms with Gasteiger partial charge < -0.3 is 15.4 Å². The Labute approximate surface area is 173 Å². The van der Waals surface area contributed by atoms with Gasteiger partial charge in [-0.1, -0.05) is 18.2 Å². The Morgan fingerprint density at radius 1 is 1.24 bits per heavy atom. The molecule has 140 valence electrons. The van der Waals surface area contributed by atoms with Crippen LogP contribution in [0, 0.1) is 5.92 Å². The molecule has 2 fully saturated rings. The van der Waals surface area contributed by atoms with Crippen molar-refractivity contribution in [1.29, 1.82) is 0 Å². The molecule has 0 aromatic heterocycles. The first kappa shape index (κ1) is 20.8. The van der Waals surface area contributed by atoms with E-state index in [0.29, 0.717) is 4.75 Å². The van der Waals surface area contributed by atoms with E-state index in [1.165, 1.54) is 30.6 Å². The molecule has 0 radical (unpaired) electrons. The molecule has 1 aromatic carbocycles. The molecule has 3 rings (SSSR count). The zero-order valence-electron chi connectivity index (χ0n) is 15.0. The number of thioether (sulfide) groups is 1. The lowest BCUT2D eigenvalue weighted by molar-refractivity contribution is 0.123. The third-order valence-corrected chi connectivity index (χ3v) is 5.99. The van der Waals surface area contributed by atoms with Crippen LogP contribution in [-0.2, 0) is 4.74 Å². The van der Waals surface area contributed by atoms with E-state index in [9.17, 15) is 0 Å². The highest BCUT2D eigenvalue weighted by Gasteiger charge is 2.43. The lowest BCUT2D eigenvalue weighted by Crippen LogP contribution is -2.41. The summed E-state index contributed by atoms with van der Waals surface area (Å²) in [7, 11) is 1.84. The highest BCUT2D eigenvalue weighted by molar-refractivity contribution is 14.0. The van der Waals surface area contributed by atoms with Gasteiger partial charge in [0.15, 0.2) is 5.96 Å². The number of hydrogen-bond donors (Lipinski definition) is 2. The van der Waals surface area contributed by atoms with Crippen LogP contribution in [0.2, 0.25) is 0 Å². The normalized spacial score (nSPS) is 18.4. The Morgan fingerprint density at radius 2 is 2.00 bits per heavy atom. The number of rotatable bonds is 10. The molecule has 0 aliphatic heterocycles. The first-order valence-electron chi connectivity index (χ1n) is 9.06. The molecule has 0 amide bonds. The van der Waals surface area contributed by atoms with Crippen LogP contribution in [0.4, 0.5) is 0 Å². The molecular weight excluding hydrogens is 445 g/mol. The fourth-order valence-corrected chi connectivity index (χ4v) is 3.82. The summed E-state index contributed by atoms with van der Waals surface area (Å²) >= 11 is 1.99. The number of aliphatic imine (C=N–C) groups is 1. The SMILES string of the molecule is CN=C(NCCCOCC1CC1)NCC1(Sc2ccccc2)CC1.I. The minimum Gasteiger partial charge on any atom is -0.381 e. The van der Waals surface area contributed by atoms with Gasteiger partial charge in [0, 0.05) is 43.0 Å². The van der Waals surface area contributed by atoms with E-state index >= 15 is 0 Å². The van der Waals surface area contributed by atoms with Gasteiger partial charge in [0.05, 0.1) is 0 Å². The van der Waals surface area contributed by atoms with Crippen LogP contribution in [0.15, 0.2) is 40.2 Å². The summed E-state index contributed by atoms with van der Waals surface area (Å²) in [6.45, 7) is 3.66. The van der Waals surface area contributed by atoms with Crippen LogP contribution in [-0.4, -0.2) is 44.1 Å². The highest BCUT2D eigenvalue weighted by atomic mass is 127. The van der Waals surface area contributed by atoms with Crippen LogP contribution in [0.3, 0.4) is 0 Å². The van der Waals surface area contributed by atoms with Gasteiger partial charge in [-0.25, -0.2) is 0 Å². The van der Waals surface area contributed by atoms with Gasteiger partial charge >= 0.3 is 0 Å². The smallest absolute Gasteiger partial charge is 0.191 e. The summed E-state index contributed by atoms with van der Waals surface area (Å²) < 4.78 is 6.00. The summed E-state index contributed by atoms with van der Waals surface area (Å²) in [6.07, 6.45) is 6.28. The molecule has 0 saturated heterocycles. The van der Waals surface area contributed by atoms with Crippen molar-refractivity contribution in [2.45, 2.75) is 41.7 Å². The van der Waals surface area contributed by atoms with Gasteiger partial charge in [-0.3, -0.25) is 4.99 Å². The third kappa shape index (κ3) is 7.74. The van der Waals surface area contributed by atoms with E-state index in [4.69, 9.17) is 4.74 Å². The van der Waals surface area contributed by atoms with Crippen LogP contribution < -0.4 is 10.6 Å². The molecule has 2 aliphatic carbocycles. The predicted molar refractivity (Wildman–Crippen MR) is 117 cm³/mol. The van der Waals surface area contributed by atoms with E-state index in [1.807, 2.05) is 18.8 Å². The Balaban J connectivity index is 0.00000225. The van der Waals surface area contributed by atoms with Gasteiger partial charge in [-0.15, -0.1) is 35.7 Å². The summed E-state index contributed by atoms with van der Waals surface area (Å²) in [5.41, 5.74) is 0. The quantitative estimate of drug-likeness (QED) is 0.233. The molecule has 0 heterocycles. The van der Waals surface area contributed by atoms with E-state index in [2.05, 4.69) is 46.0 Å². The largest absolute Gasteiger partial charge is 0.381 e. The van der Waals surface area contributed by atoms with Crippen molar-refractivity contribution in [3.05, 3.63) is 30.3 Å². The molecule has 25 heavy (non-hydrogen) atoms. The van der Waals surface area contributed by atoms with Gasteiger partial charge in [-0.05, 0) is 50.2 Å². The number of benzene rings is 1. The third-order valence-electron chi connectivity index (χ3n) is 4.50. The topological polar surface area (TPSA) is 45.7 Å². The van der Waals surface area contributed by atoms with Crippen molar-refractivity contribution in [1.82, 2.24) is 10.6 Å². The fourth-order valence-electron chi connectivity index (χ4n) is 2.57.